The third-order valence-corrected chi connectivity index (χ3v) is 5.28. The van der Waals surface area contributed by atoms with Crippen molar-refractivity contribution in [1.82, 2.24) is 4.98 Å². The molecule has 1 heterocycles. The molecule has 0 aliphatic rings. The molecule has 0 saturated carbocycles. The van der Waals surface area contributed by atoms with Gasteiger partial charge in [0.05, 0.1) is 16.8 Å². The Morgan fingerprint density at radius 2 is 1.72 bits per heavy atom. The summed E-state index contributed by atoms with van der Waals surface area (Å²) in [6, 6.07) is 10.5. The topological polar surface area (TPSA) is 71.1 Å². The highest BCUT2D eigenvalue weighted by Crippen LogP contribution is 2.24. The second-order valence-corrected chi connectivity index (χ2v) is 8.77. The van der Waals surface area contributed by atoms with Crippen LogP contribution in [0, 0.1) is 0 Å². The molecule has 1 aromatic heterocycles. The van der Waals surface area contributed by atoms with Crippen LogP contribution in [0.15, 0.2) is 47.5 Å². The van der Waals surface area contributed by atoms with Gasteiger partial charge in [0, 0.05) is 6.54 Å². The highest BCUT2D eigenvalue weighted by Gasteiger charge is 2.17. The molecular weight excluding hydrogens is 334 g/mol. The zero-order valence-electron chi connectivity index (χ0n) is 15.3. The first-order valence-electron chi connectivity index (χ1n) is 8.55. The Balaban J connectivity index is 2.08. The van der Waals surface area contributed by atoms with Gasteiger partial charge in [0.2, 0.25) is 0 Å². The number of hydrogen-bond acceptors (Lipinski definition) is 4. The summed E-state index contributed by atoms with van der Waals surface area (Å²) in [6.07, 6.45) is 3.70. The summed E-state index contributed by atoms with van der Waals surface area (Å²) in [4.78, 5) is 4.48. The minimum atomic E-state index is -3.62. The van der Waals surface area contributed by atoms with Gasteiger partial charge in [-0.15, -0.1) is 0 Å². The van der Waals surface area contributed by atoms with Crippen molar-refractivity contribution >= 4 is 21.5 Å². The first-order chi connectivity index (χ1) is 11.7. The molecule has 0 saturated heterocycles. The molecule has 0 radical (unpaired) electrons. The summed E-state index contributed by atoms with van der Waals surface area (Å²) in [5.74, 6) is 0.742. The van der Waals surface area contributed by atoms with E-state index < -0.39 is 10.0 Å². The van der Waals surface area contributed by atoms with Gasteiger partial charge in [-0.25, -0.2) is 13.4 Å². The van der Waals surface area contributed by atoms with Gasteiger partial charge in [-0.2, -0.15) is 0 Å². The Kier molecular flexibility index (Phi) is 6.06. The monoisotopic (exact) mass is 361 g/mol. The van der Waals surface area contributed by atoms with Crippen molar-refractivity contribution in [1.29, 1.82) is 0 Å². The summed E-state index contributed by atoms with van der Waals surface area (Å²) >= 11 is 0. The van der Waals surface area contributed by atoms with Gasteiger partial charge in [-0.1, -0.05) is 46.2 Å². The van der Waals surface area contributed by atoms with Crippen LogP contribution < -0.4 is 10.0 Å². The summed E-state index contributed by atoms with van der Waals surface area (Å²) in [6.45, 7) is 9.26. The summed E-state index contributed by atoms with van der Waals surface area (Å²) in [5, 5.41) is 3.20. The lowest BCUT2D eigenvalue weighted by Gasteiger charge is -2.19. The van der Waals surface area contributed by atoms with E-state index in [0.29, 0.717) is 5.69 Å². The molecule has 0 fully saturated rings. The number of hydrogen-bond donors (Lipinski definition) is 2. The molecule has 25 heavy (non-hydrogen) atoms. The molecule has 2 N–H and O–H groups in total. The second-order valence-electron chi connectivity index (χ2n) is 7.09. The number of nitrogens with zero attached hydrogens (tertiary/aromatic N) is 1. The zero-order valence-corrected chi connectivity index (χ0v) is 16.2. The Bertz CT molecular complexity index is 777. The van der Waals surface area contributed by atoms with Gasteiger partial charge >= 0.3 is 0 Å². The van der Waals surface area contributed by atoms with E-state index in [0.717, 1.165) is 30.8 Å². The number of anilines is 2. The van der Waals surface area contributed by atoms with Crippen LogP contribution in [0.1, 0.15) is 46.1 Å². The smallest absolute Gasteiger partial charge is 0.261 e. The lowest BCUT2D eigenvalue weighted by molar-refractivity contribution is 0.587. The van der Waals surface area contributed by atoms with E-state index in [1.54, 1.807) is 24.3 Å². The standard InChI is InChI=1S/C19H27N3O2S/c1-5-6-13-20-18-12-9-16(14-21-18)22-25(23,24)17-10-7-15(8-11-17)19(2,3)4/h7-12,14,22H,5-6,13H2,1-4H3,(H,20,21). The number of pyridine rings is 1. The average Bonchev–Trinajstić information content (AvgIpc) is 2.56. The molecule has 0 aliphatic heterocycles. The van der Waals surface area contributed by atoms with Crippen molar-refractivity contribution in [3.8, 4) is 0 Å². The van der Waals surface area contributed by atoms with Crippen molar-refractivity contribution in [3.63, 3.8) is 0 Å². The van der Waals surface area contributed by atoms with Gasteiger partial charge in [0.1, 0.15) is 5.82 Å². The molecule has 2 aromatic rings. The van der Waals surface area contributed by atoms with Crippen LogP contribution in [0.25, 0.3) is 0 Å². The van der Waals surface area contributed by atoms with Crippen LogP contribution in [0.3, 0.4) is 0 Å². The number of nitrogens with one attached hydrogen (secondary N) is 2. The predicted octanol–water partition coefficient (Wildman–Crippen LogP) is 4.39. The number of benzene rings is 1. The summed E-state index contributed by atoms with van der Waals surface area (Å²) < 4.78 is 27.6. The molecule has 136 valence electrons. The fourth-order valence-corrected chi connectivity index (χ4v) is 3.34. The summed E-state index contributed by atoms with van der Waals surface area (Å²) in [7, 11) is -3.62. The lowest BCUT2D eigenvalue weighted by atomic mass is 9.87. The zero-order chi connectivity index (χ0) is 18.5. The Morgan fingerprint density at radius 3 is 2.24 bits per heavy atom. The van der Waals surface area contributed by atoms with E-state index in [2.05, 4.69) is 42.7 Å². The molecule has 0 amide bonds. The van der Waals surface area contributed by atoms with E-state index >= 15 is 0 Å². The number of sulfonamides is 1. The average molecular weight is 362 g/mol. The van der Waals surface area contributed by atoms with Gasteiger partial charge in [0.15, 0.2) is 0 Å². The molecule has 0 spiro atoms. The van der Waals surface area contributed by atoms with Gasteiger partial charge in [-0.3, -0.25) is 4.72 Å². The molecular formula is C19H27N3O2S. The Labute approximate surface area is 150 Å². The molecule has 0 atom stereocenters. The second kappa shape index (κ2) is 7.87. The van der Waals surface area contributed by atoms with E-state index in [4.69, 9.17) is 0 Å². The van der Waals surface area contributed by atoms with Crippen molar-refractivity contribution in [2.24, 2.45) is 0 Å². The van der Waals surface area contributed by atoms with Crippen molar-refractivity contribution in [2.75, 3.05) is 16.6 Å². The molecule has 0 unspecified atom stereocenters. The van der Waals surface area contributed by atoms with Crippen LogP contribution in [-0.4, -0.2) is 19.9 Å². The van der Waals surface area contributed by atoms with Crippen LogP contribution in [-0.2, 0) is 15.4 Å². The fraction of sp³-hybridized carbons (Fsp3) is 0.421. The first-order valence-corrected chi connectivity index (χ1v) is 10.0. The lowest BCUT2D eigenvalue weighted by Crippen LogP contribution is -2.15. The molecule has 1 aromatic carbocycles. The maximum Gasteiger partial charge on any atom is 0.261 e. The maximum atomic E-state index is 12.5. The molecule has 0 bridgehead atoms. The van der Waals surface area contributed by atoms with Gasteiger partial charge in [0.25, 0.3) is 10.0 Å². The van der Waals surface area contributed by atoms with E-state index in [1.165, 1.54) is 6.20 Å². The van der Waals surface area contributed by atoms with E-state index in [9.17, 15) is 8.42 Å². The highest BCUT2D eigenvalue weighted by atomic mass is 32.2. The van der Waals surface area contributed by atoms with Crippen molar-refractivity contribution < 1.29 is 8.42 Å². The fourth-order valence-electron chi connectivity index (χ4n) is 2.30. The largest absolute Gasteiger partial charge is 0.370 e. The van der Waals surface area contributed by atoms with Crippen LogP contribution in [0.5, 0.6) is 0 Å². The van der Waals surface area contributed by atoms with Crippen LogP contribution in [0.2, 0.25) is 0 Å². The van der Waals surface area contributed by atoms with Crippen LogP contribution >= 0.6 is 0 Å². The van der Waals surface area contributed by atoms with Crippen LogP contribution in [0.4, 0.5) is 11.5 Å². The third-order valence-electron chi connectivity index (χ3n) is 3.88. The molecule has 5 nitrogen and oxygen atoms in total. The minimum Gasteiger partial charge on any atom is -0.370 e. The summed E-state index contributed by atoms with van der Waals surface area (Å²) in [5.41, 5.74) is 1.52. The number of rotatable bonds is 7. The van der Waals surface area contributed by atoms with Crippen molar-refractivity contribution in [2.45, 2.75) is 50.8 Å². The predicted molar refractivity (Wildman–Crippen MR) is 104 cm³/mol. The van der Waals surface area contributed by atoms with Gasteiger partial charge < -0.3 is 5.32 Å². The molecule has 6 heteroatoms. The van der Waals surface area contributed by atoms with Crippen molar-refractivity contribution in [3.05, 3.63) is 48.2 Å². The van der Waals surface area contributed by atoms with Gasteiger partial charge in [-0.05, 0) is 41.7 Å². The number of unbranched alkanes of at least 4 members (excludes halogenated alkanes) is 1. The molecule has 0 aliphatic carbocycles. The minimum absolute atomic E-state index is 0.0136. The third kappa shape index (κ3) is 5.46. The quantitative estimate of drug-likeness (QED) is 0.718. The first kappa shape index (κ1) is 19.2. The normalized spacial score (nSPS) is 12.0. The maximum absolute atomic E-state index is 12.5. The Hall–Kier alpha value is -2.08. The molecule has 2 rings (SSSR count). The SMILES string of the molecule is CCCCNc1ccc(NS(=O)(=O)c2ccc(C(C)(C)C)cc2)cn1. The number of aromatic nitrogens is 1. The van der Waals surface area contributed by atoms with E-state index in [-0.39, 0.29) is 10.3 Å². The Morgan fingerprint density at radius 1 is 1.04 bits per heavy atom. The highest BCUT2D eigenvalue weighted by molar-refractivity contribution is 7.92. The van der Waals surface area contributed by atoms with E-state index in [1.807, 2.05) is 12.1 Å².